The molecule has 0 spiro atoms. The van der Waals surface area contributed by atoms with Crippen LogP contribution in [0.3, 0.4) is 0 Å². The van der Waals surface area contributed by atoms with E-state index in [4.69, 9.17) is 0 Å². The Morgan fingerprint density at radius 2 is 1.43 bits per heavy atom. The molecule has 23 heavy (non-hydrogen) atoms. The highest BCUT2D eigenvalue weighted by Gasteiger charge is 2.15. The van der Waals surface area contributed by atoms with E-state index < -0.39 is 0 Å². The summed E-state index contributed by atoms with van der Waals surface area (Å²) in [6.45, 7) is 9.35. The summed E-state index contributed by atoms with van der Waals surface area (Å²) in [7, 11) is 0.0613. The highest BCUT2D eigenvalue weighted by atomic mass is 31.1. The normalized spacial score (nSPS) is 12.5. The number of aryl methyl sites for hydroxylation is 1. The topological polar surface area (TPSA) is 0 Å². The Bertz CT molecular complexity index is 410. The van der Waals surface area contributed by atoms with E-state index in [9.17, 15) is 0 Å². The van der Waals surface area contributed by atoms with Crippen LogP contribution in [-0.4, -0.2) is 12.3 Å². The fourth-order valence-electron chi connectivity index (χ4n) is 3.34. The minimum Gasteiger partial charge on any atom is -0.0753 e. The maximum Gasteiger partial charge on any atom is -0.0206 e. The molecule has 0 aliphatic rings. The van der Waals surface area contributed by atoms with E-state index in [0.717, 1.165) is 0 Å². The van der Waals surface area contributed by atoms with E-state index in [-0.39, 0.29) is 7.92 Å². The Morgan fingerprint density at radius 3 is 2.09 bits per heavy atom. The molecule has 0 N–H and O–H groups in total. The van der Waals surface area contributed by atoms with Crippen LogP contribution in [0.15, 0.2) is 18.2 Å². The molecule has 0 heterocycles. The summed E-state index contributed by atoms with van der Waals surface area (Å²) >= 11 is 0. The van der Waals surface area contributed by atoms with Crippen LogP contribution in [0.4, 0.5) is 0 Å². The third kappa shape index (κ3) is 7.38. The highest BCUT2D eigenvalue weighted by Crippen LogP contribution is 2.37. The van der Waals surface area contributed by atoms with Crippen LogP contribution >= 0.6 is 7.92 Å². The third-order valence-electron chi connectivity index (χ3n) is 4.83. The second-order valence-electron chi connectivity index (χ2n) is 6.76. The zero-order valence-electron chi connectivity index (χ0n) is 16.2. The monoisotopic (exact) mass is 334 g/mol. The summed E-state index contributed by atoms with van der Waals surface area (Å²) in [5, 5.41) is 1.75. The lowest BCUT2D eigenvalue weighted by atomic mass is 9.98. The van der Waals surface area contributed by atoms with Gasteiger partial charge in [-0.15, -0.1) is 0 Å². The lowest BCUT2D eigenvalue weighted by Crippen LogP contribution is -2.15. The lowest BCUT2D eigenvalue weighted by Gasteiger charge is -2.22. The number of hydrogen-bond acceptors (Lipinski definition) is 0. The second-order valence-corrected chi connectivity index (χ2v) is 9.40. The van der Waals surface area contributed by atoms with Gasteiger partial charge in [-0.2, -0.15) is 0 Å². The minimum atomic E-state index is 0.0613. The van der Waals surface area contributed by atoms with Crippen LogP contribution < -0.4 is 5.30 Å². The van der Waals surface area contributed by atoms with Crippen LogP contribution in [0.2, 0.25) is 0 Å². The maximum absolute atomic E-state index is 2.47. The first-order chi connectivity index (χ1) is 11.3. The summed E-state index contributed by atoms with van der Waals surface area (Å²) < 4.78 is 0. The van der Waals surface area contributed by atoms with E-state index in [0.29, 0.717) is 0 Å². The summed E-state index contributed by atoms with van der Waals surface area (Å²) in [5.74, 6) is 0. The molecular formula is C22H39P. The molecule has 1 aromatic carbocycles. The second kappa shape index (κ2) is 13.0. The Labute approximate surface area is 147 Å². The number of unbranched alkanes of at least 4 members (excludes halogenated alkanes) is 5. The summed E-state index contributed by atoms with van der Waals surface area (Å²) in [6.07, 6.45) is 16.3. The quantitative estimate of drug-likeness (QED) is 0.267. The van der Waals surface area contributed by atoms with Crippen molar-refractivity contribution in [2.75, 3.05) is 12.3 Å². The molecule has 0 fully saturated rings. The molecule has 0 bridgehead atoms. The molecule has 1 unspecified atom stereocenters. The molecule has 132 valence electrons. The molecule has 0 radical (unpaired) electrons. The highest BCUT2D eigenvalue weighted by molar-refractivity contribution is 7.65. The fourth-order valence-corrected chi connectivity index (χ4v) is 5.78. The van der Waals surface area contributed by atoms with Gasteiger partial charge in [-0.25, -0.2) is 0 Å². The molecule has 1 heteroatoms. The Balaban J connectivity index is 2.90. The maximum atomic E-state index is 2.47. The average Bonchev–Trinajstić information content (AvgIpc) is 2.58. The van der Waals surface area contributed by atoms with Crippen molar-refractivity contribution in [3.63, 3.8) is 0 Å². The zero-order chi connectivity index (χ0) is 16.9. The number of benzene rings is 1. The van der Waals surface area contributed by atoms with Gasteiger partial charge < -0.3 is 0 Å². The van der Waals surface area contributed by atoms with Gasteiger partial charge >= 0.3 is 0 Å². The first kappa shape index (κ1) is 20.7. The van der Waals surface area contributed by atoms with E-state index in [2.05, 4.69) is 45.9 Å². The SMILES string of the molecule is CCCCCCP(CC)c1cccc(CCCC)c1CCCC. The molecular weight excluding hydrogens is 295 g/mol. The standard InChI is InChI=1S/C22H39P/c1-5-9-12-13-19-23(8-4)22-18-14-16-20(15-10-6-2)21(22)17-11-7-3/h14,16,18H,5-13,15,17,19H2,1-4H3. The van der Waals surface area contributed by atoms with Gasteiger partial charge in [0.05, 0.1) is 0 Å². The Hall–Kier alpha value is -0.350. The average molecular weight is 335 g/mol. The van der Waals surface area contributed by atoms with Gasteiger partial charge in [-0.1, -0.05) is 85.9 Å². The zero-order valence-corrected chi connectivity index (χ0v) is 17.1. The molecule has 0 aliphatic heterocycles. The van der Waals surface area contributed by atoms with Crippen molar-refractivity contribution in [3.8, 4) is 0 Å². The first-order valence-electron chi connectivity index (χ1n) is 10.1. The Morgan fingerprint density at radius 1 is 0.739 bits per heavy atom. The molecule has 0 saturated heterocycles. The van der Waals surface area contributed by atoms with E-state index >= 15 is 0 Å². The molecule has 0 amide bonds. The van der Waals surface area contributed by atoms with Gasteiger partial charge in [0.25, 0.3) is 0 Å². The van der Waals surface area contributed by atoms with Crippen LogP contribution in [0.25, 0.3) is 0 Å². The molecule has 0 saturated carbocycles. The fraction of sp³-hybridized carbons (Fsp3) is 0.727. The minimum absolute atomic E-state index is 0.0613. The van der Waals surface area contributed by atoms with E-state index in [1.165, 1.54) is 76.5 Å². The van der Waals surface area contributed by atoms with Crippen molar-refractivity contribution in [1.29, 1.82) is 0 Å². The van der Waals surface area contributed by atoms with Crippen molar-refractivity contribution in [1.82, 2.24) is 0 Å². The van der Waals surface area contributed by atoms with Crippen molar-refractivity contribution in [2.24, 2.45) is 0 Å². The van der Waals surface area contributed by atoms with Gasteiger partial charge in [0.1, 0.15) is 0 Å². The molecule has 0 aromatic heterocycles. The van der Waals surface area contributed by atoms with Crippen LogP contribution in [0, 0.1) is 0 Å². The van der Waals surface area contributed by atoms with Gasteiger partial charge in [-0.05, 0) is 60.9 Å². The van der Waals surface area contributed by atoms with E-state index in [1.807, 2.05) is 0 Å². The van der Waals surface area contributed by atoms with Gasteiger partial charge in [0.2, 0.25) is 0 Å². The van der Waals surface area contributed by atoms with Gasteiger partial charge in [0.15, 0.2) is 0 Å². The Kier molecular flexibility index (Phi) is 11.7. The van der Waals surface area contributed by atoms with Crippen molar-refractivity contribution in [2.45, 2.75) is 91.9 Å². The predicted octanol–water partition coefficient (Wildman–Crippen LogP) is 7.08. The van der Waals surface area contributed by atoms with Gasteiger partial charge in [-0.3, -0.25) is 0 Å². The van der Waals surface area contributed by atoms with Crippen LogP contribution in [0.1, 0.15) is 90.2 Å². The smallest absolute Gasteiger partial charge is 0.0206 e. The lowest BCUT2D eigenvalue weighted by molar-refractivity contribution is 0.705. The van der Waals surface area contributed by atoms with E-state index in [1.54, 1.807) is 16.4 Å². The summed E-state index contributed by atoms with van der Waals surface area (Å²) in [5.41, 5.74) is 3.40. The van der Waals surface area contributed by atoms with Crippen molar-refractivity contribution in [3.05, 3.63) is 29.3 Å². The van der Waals surface area contributed by atoms with Crippen molar-refractivity contribution < 1.29 is 0 Å². The predicted molar refractivity (Wildman–Crippen MR) is 110 cm³/mol. The molecule has 1 aromatic rings. The largest absolute Gasteiger partial charge is 0.0753 e. The first-order valence-corrected chi connectivity index (χ1v) is 11.8. The van der Waals surface area contributed by atoms with Crippen molar-refractivity contribution >= 4 is 13.2 Å². The molecule has 0 nitrogen and oxygen atoms in total. The number of rotatable bonds is 13. The number of hydrogen-bond donors (Lipinski definition) is 0. The van der Waals surface area contributed by atoms with Crippen LogP contribution in [-0.2, 0) is 12.8 Å². The molecule has 1 atom stereocenters. The van der Waals surface area contributed by atoms with Crippen LogP contribution in [0.5, 0.6) is 0 Å². The third-order valence-corrected chi connectivity index (χ3v) is 7.55. The summed E-state index contributed by atoms with van der Waals surface area (Å²) in [4.78, 5) is 0. The molecule has 0 aliphatic carbocycles. The summed E-state index contributed by atoms with van der Waals surface area (Å²) in [6, 6.07) is 7.21. The molecule has 1 rings (SSSR count). The van der Waals surface area contributed by atoms with Gasteiger partial charge in [0, 0.05) is 0 Å².